The zero-order valence-electron chi connectivity index (χ0n) is 35.2. The van der Waals surface area contributed by atoms with Crippen LogP contribution in [0, 0.1) is 0 Å². The average Bonchev–Trinajstić information content (AvgIpc) is 3.47. The summed E-state index contributed by atoms with van der Waals surface area (Å²) in [5.74, 6) is 0.588. The molecule has 0 fully saturated rings. The minimum Gasteiger partial charge on any atom is -0.736 e. The molecule has 8 heteroatoms. The zero-order valence-corrected chi connectivity index (χ0v) is 40.1. The standard InChI is InChI=1S/C56H41O4PSi2.Na/c57-61(58)59-55-51(62(43-25-7-1-8-26-43,44-27-9-2-10-28-44)45-29-11-3-12-30-45)39-41-23-19-21-37-49(41)53(55)54-50-38-22-20-24-42(50)40-52(56(54)60-61)63(46-31-13-4-14-32-46,47-33-15-5-16-34-47)48-35-17-6-18-36-48;/h1-40H,(H,57,58);/q;+1/p-1. The Morgan fingerprint density at radius 2 is 0.578 bits per heavy atom. The number of hydrogen-bond donors (Lipinski definition) is 0. The fourth-order valence-corrected chi connectivity index (χ4v) is 21.0. The molecular weight excluding hydrogens is 847 g/mol. The fraction of sp³-hybridized carbons (Fsp3) is 0. The van der Waals surface area contributed by atoms with E-state index in [9.17, 15) is 0 Å². The van der Waals surface area contributed by atoms with E-state index >= 15 is 9.46 Å². The first-order valence-electron chi connectivity index (χ1n) is 21.2. The van der Waals surface area contributed by atoms with Gasteiger partial charge in [-0.2, -0.15) is 0 Å². The van der Waals surface area contributed by atoms with Crippen LogP contribution in [0.3, 0.4) is 0 Å². The molecule has 0 spiro atoms. The van der Waals surface area contributed by atoms with Crippen molar-refractivity contribution in [3.8, 4) is 22.6 Å². The first-order chi connectivity index (χ1) is 31.0. The molecule has 0 amide bonds. The molecule has 1 aliphatic rings. The Hall–Kier alpha value is -6.06. The largest absolute Gasteiger partial charge is 1.00 e. The summed E-state index contributed by atoms with van der Waals surface area (Å²) in [5.41, 5.74) is 1.39. The molecule has 0 bridgehead atoms. The SMILES string of the molecule is O=P1([O-])Oc2c([Si](c3ccccc3)(c3ccccc3)c3ccccc3)cc3ccccc3c2-c2c(c([Si](c3ccccc3)(c3ccccc3)c3ccccc3)cc3ccccc23)O1.[Na+]. The molecule has 1 heterocycles. The van der Waals surface area contributed by atoms with Crippen LogP contribution in [0.4, 0.5) is 0 Å². The van der Waals surface area contributed by atoms with Crippen LogP contribution in [0.15, 0.2) is 243 Å². The van der Waals surface area contributed by atoms with E-state index in [0.717, 1.165) is 63.0 Å². The van der Waals surface area contributed by atoms with E-state index in [-0.39, 0.29) is 29.6 Å². The smallest absolute Gasteiger partial charge is 0.736 e. The van der Waals surface area contributed by atoms with Crippen molar-refractivity contribution in [1.29, 1.82) is 0 Å². The minimum atomic E-state index is -5.20. The van der Waals surface area contributed by atoms with Crippen LogP contribution >= 0.6 is 7.82 Å². The molecular formula is C56H40NaO4PSi2. The van der Waals surface area contributed by atoms with E-state index in [1.807, 2.05) is 48.5 Å². The Balaban J connectivity index is 0.00000484. The van der Waals surface area contributed by atoms with Gasteiger partial charge in [0, 0.05) is 11.1 Å². The fourth-order valence-electron chi connectivity index (χ4n) is 10.2. The maximum Gasteiger partial charge on any atom is 1.00 e. The van der Waals surface area contributed by atoms with Gasteiger partial charge in [-0.3, -0.25) is 0 Å². The summed E-state index contributed by atoms with van der Waals surface area (Å²) in [6.45, 7) is 0. The molecule has 0 atom stereocenters. The molecule has 302 valence electrons. The first-order valence-corrected chi connectivity index (χ1v) is 26.6. The van der Waals surface area contributed by atoms with Crippen molar-refractivity contribution in [3.05, 3.63) is 243 Å². The van der Waals surface area contributed by atoms with E-state index in [4.69, 9.17) is 9.05 Å². The molecule has 10 aromatic rings. The second kappa shape index (κ2) is 17.1. The third-order valence-electron chi connectivity index (χ3n) is 12.7. The van der Waals surface area contributed by atoms with Crippen LogP contribution in [0.1, 0.15) is 0 Å². The number of rotatable bonds is 8. The van der Waals surface area contributed by atoms with Crippen molar-refractivity contribution >= 4 is 87.0 Å². The molecule has 0 saturated carbocycles. The first kappa shape index (κ1) is 41.9. The Labute approximate surface area is 397 Å². The second-order valence-corrected chi connectivity index (χ2v) is 24.8. The van der Waals surface area contributed by atoms with Gasteiger partial charge in [-0.15, -0.1) is 0 Å². The van der Waals surface area contributed by atoms with Crippen LogP contribution in [-0.2, 0) is 4.57 Å². The molecule has 11 rings (SSSR count). The summed E-state index contributed by atoms with van der Waals surface area (Å²) in [4.78, 5) is 15.3. The zero-order chi connectivity index (χ0) is 42.4. The van der Waals surface area contributed by atoms with Gasteiger partial charge in [-0.05, 0) is 63.0 Å². The van der Waals surface area contributed by atoms with Crippen molar-refractivity contribution < 1.29 is 48.1 Å². The number of phosphoric acid groups is 1. The molecule has 0 radical (unpaired) electrons. The van der Waals surface area contributed by atoms with Gasteiger partial charge in [-0.1, -0.05) is 243 Å². The summed E-state index contributed by atoms with van der Waals surface area (Å²) in [7, 11) is -12.0. The van der Waals surface area contributed by atoms with Gasteiger partial charge in [0.05, 0.1) is 0 Å². The van der Waals surface area contributed by atoms with Crippen LogP contribution < -0.4 is 85.0 Å². The third kappa shape index (κ3) is 6.77. The Morgan fingerprint density at radius 1 is 0.344 bits per heavy atom. The second-order valence-electron chi connectivity index (χ2n) is 16.0. The quantitative estimate of drug-likeness (QED) is 0.127. The van der Waals surface area contributed by atoms with Crippen molar-refractivity contribution in [2.45, 2.75) is 0 Å². The predicted octanol–water partition coefficient (Wildman–Crippen LogP) is 4.66. The van der Waals surface area contributed by atoms with Crippen molar-refractivity contribution in [2.75, 3.05) is 0 Å². The van der Waals surface area contributed by atoms with Crippen LogP contribution in [-0.4, -0.2) is 16.1 Å². The molecule has 10 aromatic carbocycles. The Kier molecular flexibility index (Phi) is 11.2. The van der Waals surface area contributed by atoms with Gasteiger partial charge < -0.3 is 13.9 Å². The normalized spacial score (nSPS) is 13.1. The number of phosphoric ester groups is 1. The van der Waals surface area contributed by atoms with Crippen molar-refractivity contribution in [2.24, 2.45) is 0 Å². The van der Waals surface area contributed by atoms with Gasteiger partial charge >= 0.3 is 37.4 Å². The van der Waals surface area contributed by atoms with Gasteiger partial charge in [0.25, 0.3) is 0 Å². The van der Waals surface area contributed by atoms with E-state index in [0.29, 0.717) is 22.6 Å². The molecule has 0 saturated heterocycles. The van der Waals surface area contributed by atoms with Gasteiger partial charge in [0.1, 0.15) is 11.5 Å². The van der Waals surface area contributed by atoms with Gasteiger partial charge in [0.15, 0.2) is 16.1 Å². The van der Waals surface area contributed by atoms with Crippen molar-refractivity contribution in [3.63, 3.8) is 0 Å². The molecule has 64 heavy (non-hydrogen) atoms. The Bertz CT molecular complexity index is 2910. The molecule has 0 aromatic heterocycles. The predicted molar refractivity (Wildman–Crippen MR) is 263 cm³/mol. The van der Waals surface area contributed by atoms with Crippen molar-refractivity contribution in [1.82, 2.24) is 0 Å². The summed E-state index contributed by atoms with van der Waals surface area (Å²) in [5, 5.41) is 11.9. The van der Waals surface area contributed by atoms with Crippen LogP contribution in [0.2, 0.25) is 0 Å². The summed E-state index contributed by atoms with van der Waals surface area (Å²) in [6, 6.07) is 84.1. The Morgan fingerprint density at radius 3 is 0.844 bits per heavy atom. The van der Waals surface area contributed by atoms with E-state index < -0.39 is 24.0 Å². The summed E-state index contributed by atoms with van der Waals surface area (Å²) < 4.78 is 28.7. The minimum absolute atomic E-state index is 0. The average molecular weight is 887 g/mol. The molecule has 0 aliphatic carbocycles. The molecule has 1 aliphatic heterocycles. The summed E-state index contributed by atoms with van der Waals surface area (Å²) in [6.07, 6.45) is 0. The maximum absolute atomic E-state index is 15.3. The molecule has 0 N–H and O–H groups in total. The van der Waals surface area contributed by atoms with E-state index in [2.05, 4.69) is 194 Å². The van der Waals surface area contributed by atoms with E-state index in [1.54, 1.807) is 0 Å². The van der Waals surface area contributed by atoms with E-state index in [1.165, 1.54) is 0 Å². The third-order valence-corrected chi connectivity index (χ3v) is 23.1. The maximum atomic E-state index is 15.3. The van der Waals surface area contributed by atoms with Gasteiger partial charge in [0.2, 0.25) is 0 Å². The van der Waals surface area contributed by atoms with Crippen LogP contribution in [0.25, 0.3) is 32.7 Å². The topological polar surface area (TPSA) is 58.6 Å². The van der Waals surface area contributed by atoms with Crippen LogP contribution in [0.5, 0.6) is 11.5 Å². The number of benzene rings is 10. The molecule has 0 unspecified atom stereocenters. The summed E-state index contributed by atoms with van der Waals surface area (Å²) >= 11 is 0. The monoisotopic (exact) mass is 886 g/mol. The van der Waals surface area contributed by atoms with Gasteiger partial charge in [-0.25, -0.2) is 4.57 Å². The molecule has 4 nitrogen and oxygen atoms in total. The number of fused-ring (bicyclic) bond motifs is 7. The number of hydrogen-bond acceptors (Lipinski definition) is 4.